The van der Waals surface area contributed by atoms with Crippen LogP contribution in [0.1, 0.15) is 32.9 Å². The van der Waals surface area contributed by atoms with Gasteiger partial charge in [-0.1, -0.05) is 48.0 Å². The lowest BCUT2D eigenvalue weighted by Gasteiger charge is -2.10. The van der Waals surface area contributed by atoms with Gasteiger partial charge in [0.25, 0.3) is 0 Å². The summed E-state index contributed by atoms with van der Waals surface area (Å²) in [5, 5.41) is 11.2. The summed E-state index contributed by atoms with van der Waals surface area (Å²) >= 11 is 0. The first kappa shape index (κ1) is 19.2. The number of Topliss-reactive ketones (excluding diaryl/α,β-unsaturated/α-hetero) is 1. The molecule has 0 bridgehead atoms. The Morgan fingerprint density at radius 1 is 1.07 bits per heavy atom. The number of hydrogen-bond acceptors (Lipinski definition) is 6. The van der Waals surface area contributed by atoms with Gasteiger partial charge >= 0.3 is 5.97 Å². The smallest absolute Gasteiger partial charge is 0.357 e. The molecule has 28 heavy (non-hydrogen) atoms. The van der Waals surface area contributed by atoms with Gasteiger partial charge in [-0.3, -0.25) is 4.79 Å². The third kappa shape index (κ3) is 4.37. The van der Waals surface area contributed by atoms with E-state index in [2.05, 4.69) is 15.5 Å². The second-order valence-corrected chi connectivity index (χ2v) is 6.40. The van der Waals surface area contributed by atoms with Gasteiger partial charge in [-0.15, -0.1) is 5.10 Å². The molecule has 142 valence electrons. The van der Waals surface area contributed by atoms with Crippen molar-refractivity contribution in [1.82, 2.24) is 20.2 Å². The van der Waals surface area contributed by atoms with Crippen molar-refractivity contribution in [1.29, 1.82) is 0 Å². The van der Waals surface area contributed by atoms with Crippen LogP contribution in [0.4, 0.5) is 0 Å². The molecular formula is C21H20N4O3. The number of esters is 1. The zero-order valence-corrected chi connectivity index (χ0v) is 15.9. The number of rotatable bonds is 6. The number of benzene rings is 2. The lowest BCUT2D eigenvalue weighted by atomic mass is 10.0. The summed E-state index contributed by atoms with van der Waals surface area (Å²) in [6.07, 6.45) is 1.62. The van der Waals surface area contributed by atoms with Crippen LogP contribution in [0.2, 0.25) is 0 Å². The monoisotopic (exact) mass is 376 g/mol. The van der Waals surface area contributed by atoms with E-state index in [1.165, 1.54) is 4.68 Å². The maximum absolute atomic E-state index is 12.7. The van der Waals surface area contributed by atoms with Crippen molar-refractivity contribution in [2.24, 2.45) is 0 Å². The minimum absolute atomic E-state index is 0.127. The Labute approximate surface area is 162 Å². The molecule has 0 saturated carbocycles. The fraction of sp³-hybridized carbons (Fsp3) is 0.190. The standard InChI is InChI=1S/C21H20N4O3/c1-14-9-10-15(2)18(11-14)20(26)13-28-21(27)19(25-16(3)22-23-24-25)12-17-7-5-4-6-8-17/h4-12H,13H2,1-3H3/b19-12+. The lowest BCUT2D eigenvalue weighted by Crippen LogP contribution is -2.19. The predicted octanol–water partition coefficient (Wildman–Crippen LogP) is 3.02. The molecule has 0 amide bonds. The van der Waals surface area contributed by atoms with Crippen LogP contribution in [0, 0.1) is 20.8 Å². The number of carbonyl (C=O) groups excluding carboxylic acids is 2. The molecule has 0 N–H and O–H groups in total. The van der Waals surface area contributed by atoms with Crippen LogP contribution in [-0.2, 0) is 9.53 Å². The van der Waals surface area contributed by atoms with Crippen molar-refractivity contribution in [2.75, 3.05) is 6.61 Å². The van der Waals surface area contributed by atoms with E-state index in [1.807, 2.05) is 56.3 Å². The maximum atomic E-state index is 12.7. The Bertz CT molecular complexity index is 1040. The number of aryl methyl sites for hydroxylation is 3. The van der Waals surface area contributed by atoms with E-state index in [0.717, 1.165) is 16.7 Å². The third-order valence-electron chi connectivity index (χ3n) is 4.19. The summed E-state index contributed by atoms with van der Waals surface area (Å²) in [5.41, 5.74) is 3.25. The Morgan fingerprint density at radius 2 is 1.82 bits per heavy atom. The number of aromatic nitrogens is 4. The highest BCUT2D eigenvalue weighted by Gasteiger charge is 2.20. The maximum Gasteiger partial charge on any atom is 0.357 e. The SMILES string of the molecule is Cc1ccc(C)c(C(=O)COC(=O)/C(=C\c2ccccc2)n2nnnc2C)c1. The molecule has 3 aromatic rings. The number of ether oxygens (including phenoxy) is 1. The van der Waals surface area contributed by atoms with Gasteiger partial charge in [0.2, 0.25) is 5.78 Å². The second kappa shape index (κ2) is 8.39. The van der Waals surface area contributed by atoms with Crippen molar-refractivity contribution in [3.8, 4) is 0 Å². The van der Waals surface area contributed by atoms with Crippen LogP contribution >= 0.6 is 0 Å². The summed E-state index contributed by atoms with van der Waals surface area (Å²) < 4.78 is 6.58. The summed E-state index contributed by atoms with van der Waals surface area (Å²) in [5.74, 6) is -0.514. The number of carbonyl (C=O) groups is 2. The molecule has 7 nitrogen and oxygen atoms in total. The molecule has 0 saturated heterocycles. The van der Waals surface area contributed by atoms with Crippen LogP contribution in [-0.4, -0.2) is 38.6 Å². The topological polar surface area (TPSA) is 87.0 Å². The summed E-state index contributed by atoms with van der Waals surface area (Å²) in [4.78, 5) is 25.2. The van der Waals surface area contributed by atoms with E-state index in [9.17, 15) is 9.59 Å². The highest BCUT2D eigenvalue weighted by molar-refractivity contribution is 6.16. The van der Waals surface area contributed by atoms with Crippen molar-refractivity contribution in [3.63, 3.8) is 0 Å². The molecule has 3 rings (SSSR count). The van der Waals surface area contributed by atoms with Crippen LogP contribution in [0.3, 0.4) is 0 Å². The normalized spacial score (nSPS) is 11.3. The number of ketones is 1. The van der Waals surface area contributed by atoms with E-state index in [1.54, 1.807) is 19.1 Å². The number of tetrazole rings is 1. The number of hydrogen-bond donors (Lipinski definition) is 0. The van der Waals surface area contributed by atoms with Crippen molar-refractivity contribution >= 4 is 23.5 Å². The lowest BCUT2D eigenvalue weighted by molar-refractivity contribution is -0.136. The first-order chi connectivity index (χ1) is 13.5. The Kier molecular flexibility index (Phi) is 5.74. The molecule has 7 heteroatoms. The van der Waals surface area contributed by atoms with Crippen molar-refractivity contribution in [2.45, 2.75) is 20.8 Å². The quantitative estimate of drug-likeness (QED) is 0.373. The van der Waals surface area contributed by atoms with Crippen LogP contribution in [0.15, 0.2) is 48.5 Å². The molecule has 0 fully saturated rings. The first-order valence-electron chi connectivity index (χ1n) is 8.75. The summed E-state index contributed by atoms with van der Waals surface area (Å²) in [7, 11) is 0. The van der Waals surface area contributed by atoms with E-state index in [4.69, 9.17) is 4.74 Å². The van der Waals surface area contributed by atoms with Crippen LogP contribution in [0.5, 0.6) is 0 Å². The van der Waals surface area contributed by atoms with Gasteiger partial charge in [-0.25, -0.2) is 4.79 Å². The minimum atomic E-state index is -0.682. The van der Waals surface area contributed by atoms with Crippen LogP contribution < -0.4 is 0 Å². The van der Waals surface area contributed by atoms with Gasteiger partial charge in [-0.2, -0.15) is 4.68 Å². The Hall–Kier alpha value is -3.61. The molecule has 0 spiro atoms. The molecule has 0 aliphatic carbocycles. The van der Waals surface area contributed by atoms with E-state index in [0.29, 0.717) is 11.4 Å². The fourth-order valence-corrected chi connectivity index (χ4v) is 2.69. The van der Waals surface area contributed by atoms with Gasteiger partial charge < -0.3 is 4.74 Å². The molecule has 1 aromatic heterocycles. The molecule has 0 unspecified atom stereocenters. The van der Waals surface area contributed by atoms with Gasteiger partial charge in [-0.05, 0) is 54.5 Å². The average Bonchev–Trinajstić information content (AvgIpc) is 3.12. The summed E-state index contributed by atoms with van der Waals surface area (Å²) in [6, 6.07) is 14.9. The first-order valence-corrected chi connectivity index (χ1v) is 8.75. The molecule has 0 radical (unpaired) electrons. The molecule has 0 aliphatic heterocycles. The Balaban J connectivity index is 1.82. The molecular weight excluding hydrogens is 356 g/mol. The zero-order chi connectivity index (χ0) is 20.1. The predicted molar refractivity (Wildman–Crippen MR) is 104 cm³/mol. The van der Waals surface area contributed by atoms with E-state index in [-0.39, 0.29) is 18.1 Å². The van der Waals surface area contributed by atoms with Crippen LogP contribution in [0.25, 0.3) is 11.8 Å². The van der Waals surface area contributed by atoms with Crippen molar-refractivity contribution < 1.29 is 14.3 Å². The highest BCUT2D eigenvalue weighted by Crippen LogP contribution is 2.15. The average molecular weight is 376 g/mol. The number of nitrogens with zero attached hydrogens (tertiary/aromatic N) is 4. The van der Waals surface area contributed by atoms with Gasteiger partial charge in [0.05, 0.1) is 0 Å². The van der Waals surface area contributed by atoms with E-state index < -0.39 is 5.97 Å². The Morgan fingerprint density at radius 3 is 2.50 bits per heavy atom. The second-order valence-electron chi connectivity index (χ2n) is 6.40. The van der Waals surface area contributed by atoms with Gasteiger partial charge in [0, 0.05) is 5.56 Å². The largest absolute Gasteiger partial charge is 0.453 e. The molecule has 0 atom stereocenters. The zero-order valence-electron chi connectivity index (χ0n) is 15.9. The van der Waals surface area contributed by atoms with Crippen molar-refractivity contribution in [3.05, 3.63) is 76.6 Å². The highest BCUT2D eigenvalue weighted by atomic mass is 16.5. The third-order valence-corrected chi connectivity index (χ3v) is 4.19. The summed E-state index contributed by atoms with van der Waals surface area (Å²) in [6.45, 7) is 5.06. The molecule has 0 aliphatic rings. The van der Waals surface area contributed by atoms with Gasteiger partial charge in [0.1, 0.15) is 0 Å². The molecule has 1 heterocycles. The minimum Gasteiger partial charge on any atom is -0.453 e. The fourth-order valence-electron chi connectivity index (χ4n) is 2.69. The van der Waals surface area contributed by atoms with Gasteiger partial charge in [0.15, 0.2) is 18.1 Å². The molecule has 2 aromatic carbocycles. The van der Waals surface area contributed by atoms with E-state index >= 15 is 0 Å².